The molecule has 1 atom stereocenters. The molecule has 19 heavy (non-hydrogen) atoms. The Morgan fingerprint density at radius 1 is 1.32 bits per heavy atom. The molecule has 1 N–H and O–H groups in total. The molecule has 2 nitrogen and oxygen atoms in total. The average molecular weight is 326 g/mol. The Hall–Kier alpha value is -1.13. The molecule has 0 radical (unpaired) electrons. The van der Waals surface area contributed by atoms with E-state index in [9.17, 15) is 4.39 Å². The van der Waals surface area contributed by atoms with Gasteiger partial charge in [0.1, 0.15) is 17.3 Å². The maximum atomic E-state index is 13.1. The van der Waals surface area contributed by atoms with E-state index in [1.165, 1.54) is 12.1 Å². The van der Waals surface area contributed by atoms with Gasteiger partial charge in [-0.15, -0.1) is 0 Å². The fourth-order valence-electron chi connectivity index (χ4n) is 2.27. The van der Waals surface area contributed by atoms with Gasteiger partial charge in [-0.05, 0) is 51.1 Å². The van der Waals surface area contributed by atoms with E-state index >= 15 is 0 Å². The van der Waals surface area contributed by atoms with Crippen molar-refractivity contribution < 1.29 is 8.81 Å². The molecule has 1 heterocycles. The highest BCUT2D eigenvalue weighted by Gasteiger charge is 2.17. The van der Waals surface area contributed by atoms with Crippen molar-refractivity contribution in [3.8, 4) is 0 Å². The van der Waals surface area contributed by atoms with E-state index in [0.717, 1.165) is 33.5 Å². The minimum absolute atomic E-state index is 0.152. The summed E-state index contributed by atoms with van der Waals surface area (Å²) >= 11 is 3.41. The molecular formula is C15H17BrFNO. The highest BCUT2D eigenvalue weighted by molar-refractivity contribution is 9.10. The van der Waals surface area contributed by atoms with E-state index in [0.29, 0.717) is 0 Å². The monoisotopic (exact) mass is 325 g/mol. The first-order chi connectivity index (χ1) is 9.01. The van der Waals surface area contributed by atoms with Crippen LogP contribution in [0.3, 0.4) is 0 Å². The summed E-state index contributed by atoms with van der Waals surface area (Å²) in [5.41, 5.74) is 2.22. The molecule has 0 aliphatic carbocycles. The number of furan rings is 1. The van der Waals surface area contributed by atoms with Gasteiger partial charge in [0.25, 0.3) is 0 Å². The minimum atomic E-state index is -0.230. The third kappa shape index (κ3) is 3.25. The highest BCUT2D eigenvalue weighted by atomic mass is 79.9. The molecule has 0 aliphatic rings. The van der Waals surface area contributed by atoms with Gasteiger partial charge in [-0.1, -0.05) is 22.0 Å². The average Bonchev–Trinajstić information content (AvgIpc) is 2.68. The molecule has 0 spiro atoms. The summed E-state index contributed by atoms with van der Waals surface area (Å²) in [5, 5.41) is 3.29. The number of hydrogen-bond acceptors (Lipinski definition) is 2. The summed E-state index contributed by atoms with van der Waals surface area (Å²) in [6, 6.07) is 7.00. The molecule has 2 rings (SSSR count). The van der Waals surface area contributed by atoms with Crippen LogP contribution < -0.4 is 5.32 Å². The molecule has 0 fully saturated rings. The van der Waals surface area contributed by atoms with Crippen LogP contribution in [0.1, 0.15) is 28.7 Å². The lowest BCUT2D eigenvalue weighted by Crippen LogP contribution is -2.19. The topological polar surface area (TPSA) is 25.2 Å². The van der Waals surface area contributed by atoms with Crippen molar-refractivity contribution in [2.45, 2.75) is 26.3 Å². The largest absolute Gasteiger partial charge is 0.466 e. The maximum absolute atomic E-state index is 13.1. The van der Waals surface area contributed by atoms with Gasteiger partial charge in [-0.3, -0.25) is 0 Å². The second-order valence-corrected chi connectivity index (χ2v) is 5.50. The molecule has 4 heteroatoms. The zero-order valence-corrected chi connectivity index (χ0v) is 12.8. The predicted octanol–water partition coefficient (Wildman–Crippen LogP) is 4.30. The molecule has 1 aromatic heterocycles. The second kappa shape index (κ2) is 5.88. The van der Waals surface area contributed by atoms with Gasteiger partial charge in [-0.25, -0.2) is 4.39 Å². The van der Waals surface area contributed by atoms with Gasteiger partial charge in [-0.2, -0.15) is 0 Å². The van der Waals surface area contributed by atoms with Crippen LogP contribution >= 0.6 is 15.9 Å². The summed E-state index contributed by atoms with van der Waals surface area (Å²) in [5.74, 6) is 1.60. The van der Waals surface area contributed by atoms with E-state index < -0.39 is 0 Å². The van der Waals surface area contributed by atoms with Gasteiger partial charge >= 0.3 is 0 Å². The predicted molar refractivity (Wildman–Crippen MR) is 77.8 cm³/mol. The normalized spacial score (nSPS) is 12.7. The van der Waals surface area contributed by atoms with Gasteiger partial charge in [0.2, 0.25) is 0 Å². The van der Waals surface area contributed by atoms with E-state index in [2.05, 4.69) is 21.2 Å². The van der Waals surface area contributed by atoms with E-state index in [1.54, 1.807) is 0 Å². The lowest BCUT2D eigenvalue weighted by Gasteiger charge is -2.16. The minimum Gasteiger partial charge on any atom is -0.466 e. The van der Waals surface area contributed by atoms with Crippen LogP contribution in [0, 0.1) is 19.7 Å². The van der Waals surface area contributed by atoms with Crippen molar-refractivity contribution >= 4 is 15.9 Å². The number of likely N-dealkylation sites (N-methyl/N-ethyl adjacent to an activating group) is 1. The van der Waals surface area contributed by atoms with Gasteiger partial charge in [0.15, 0.2) is 0 Å². The summed E-state index contributed by atoms with van der Waals surface area (Å²) in [6.45, 7) is 3.91. The van der Waals surface area contributed by atoms with Crippen molar-refractivity contribution in [3.63, 3.8) is 0 Å². The molecule has 0 aliphatic heterocycles. The Labute approximate surface area is 121 Å². The second-order valence-electron chi connectivity index (χ2n) is 4.65. The van der Waals surface area contributed by atoms with E-state index in [1.807, 2.05) is 33.0 Å². The molecule has 1 unspecified atom stereocenters. The Bertz CT molecular complexity index is 580. The lowest BCUT2D eigenvalue weighted by molar-refractivity contribution is 0.490. The first-order valence-corrected chi connectivity index (χ1v) is 6.98. The molecule has 1 aromatic carbocycles. The third-order valence-corrected chi connectivity index (χ3v) is 3.98. The maximum Gasteiger partial charge on any atom is 0.124 e. The van der Waals surface area contributed by atoms with Crippen LogP contribution in [0.5, 0.6) is 0 Å². The van der Waals surface area contributed by atoms with Crippen molar-refractivity contribution in [2.75, 3.05) is 7.05 Å². The van der Waals surface area contributed by atoms with E-state index in [-0.39, 0.29) is 11.9 Å². The number of nitrogens with one attached hydrogen (secondary N) is 1. The zero-order valence-electron chi connectivity index (χ0n) is 11.3. The number of benzene rings is 1. The smallest absolute Gasteiger partial charge is 0.124 e. The molecule has 0 amide bonds. The molecular weight excluding hydrogens is 309 g/mol. The summed E-state index contributed by atoms with van der Waals surface area (Å²) in [4.78, 5) is 0. The van der Waals surface area contributed by atoms with Gasteiger partial charge in [0, 0.05) is 16.1 Å². The zero-order chi connectivity index (χ0) is 14.0. The summed E-state index contributed by atoms with van der Waals surface area (Å²) in [6.07, 6.45) is 0.775. The van der Waals surface area contributed by atoms with Crippen LogP contribution in [0.25, 0.3) is 0 Å². The van der Waals surface area contributed by atoms with Crippen molar-refractivity contribution in [3.05, 3.63) is 57.2 Å². The Kier molecular flexibility index (Phi) is 4.42. The SMILES string of the molecule is CNC(Cc1ccc(F)cc1Br)c1cc(C)oc1C. The van der Waals surface area contributed by atoms with Crippen molar-refractivity contribution in [1.82, 2.24) is 5.32 Å². The first kappa shape index (κ1) is 14.3. The number of hydrogen-bond donors (Lipinski definition) is 1. The fraction of sp³-hybridized carbons (Fsp3) is 0.333. The van der Waals surface area contributed by atoms with Crippen LogP contribution in [0.15, 0.2) is 33.2 Å². The fourth-order valence-corrected chi connectivity index (χ4v) is 2.78. The van der Waals surface area contributed by atoms with Crippen LogP contribution in [-0.4, -0.2) is 7.05 Å². The van der Waals surface area contributed by atoms with Crippen LogP contribution in [0.2, 0.25) is 0 Å². The molecule has 0 saturated heterocycles. The Morgan fingerprint density at radius 2 is 2.05 bits per heavy atom. The molecule has 102 valence electrons. The number of aryl methyl sites for hydroxylation is 2. The van der Waals surface area contributed by atoms with Gasteiger partial charge in [0.05, 0.1) is 0 Å². The highest BCUT2D eigenvalue weighted by Crippen LogP contribution is 2.27. The number of halogens is 2. The first-order valence-electron chi connectivity index (χ1n) is 6.19. The standard InChI is InChI=1S/C15H17BrFNO/c1-9-6-13(10(2)19-9)15(18-3)7-11-4-5-12(17)8-14(11)16/h4-6,8,15,18H,7H2,1-3H3. The van der Waals surface area contributed by atoms with Crippen molar-refractivity contribution in [2.24, 2.45) is 0 Å². The molecule has 0 bridgehead atoms. The number of rotatable bonds is 4. The quantitative estimate of drug-likeness (QED) is 0.906. The summed E-state index contributed by atoms with van der Waals surface area (Å²) < 4.78 is 19.5. The van der Waals surface area contributed by atoms with Crippen molar-refractivity contribution in [1.29, 1.82) is 0 Å². The summed E-state index contributed by atoms with van der Waals surface area (Å²) in [7, 11) is 1.92. The lowest BCUT2D eigenvalue weighted by atomic mass is 9.99. The van der Waals surface area contributed by atoms with Crippen LogP contribution in [-0.2, 0) is 6.42 Å². The van der Waals surface area contributed by atoms with Gasteiger partial charge < -0.3 is 9.73 Å². The third-order valence-electron chi connectivity index (χ3n) is 3.24. The van der Waals surface area contributed by atoms with E-state index in [4.69, 9.17) is 4.42 Å². The molecule has 2 aromatic rings. The molecule has 0 saturated carbocycles. The van der Waals surface area contributed by atoms with Crippen LogP contribution in [0.4, 0.5) is 4.39 Å². The Balaban J connectivity index is 2.26. The Morgan fingerprint density at radius 3 is 2.58 bits per heavy atom.